The van der Waals surface area contributed by atoms with Crippen molar-refractivity contribution >= 4 is 0 Å². The van der Waals surface area contributed by atoms with Gasteiger partial charge >= 0.3 is 0 Å². The maximum atomic E-state index is 5.39. The van der Waals surface area contributed by atoms with Crippen LogP contribution in [0.15, 0.2) is 24.3 Å². The number of nitrogens with one attached hydrogen (secondary N) is 1. The second-order valence-corrected chi connectivity index (χ2v) is 4.92. The van der Waals surface area contributed by atoms with Crippen LogP contribution in [0.4, 0.5) is 0 Å². The summed E-state index contributed by atoms with van der Waals surface area (Å²) in [5, 5.41) is 0. The Morgan fingerprint density at radius 1 is 1.25 bits per heavy atom. The molecule has 0 bridgehead atoms. The van der Waals surface area contributed by atoms with E-state index in [4.69, 9.17) is 4.74 Å². The molecule has 1 aliphatic rings. The van der Waals surface area contributed by atoms with Crippen LogP contribution < -0.4 is 9.64 Å². The Morgan fingerprint density at radius 2 is 1.94 bits per heavy atom. The average molecular weight is 220 g/mol. The van der Waals surface area contributed by atoms with Crippen molar-refractivity contribution in [2.24, 2.45) is 5.92 Å². The monoisotopic (exact) mass is 220 g/mol. The van der Waals surface area contributed by atoms with Crippen molar-refractivity contribution in [3.05, 3.63) is 29.8 Å². The molecule has 1 aromatic carbocycles. The summed E-state index contributed by atoms with van der Waals surface area (Å²) in [7, 11) is 1.76. The van der Waals surface area contributed by atoms with Crippen molar-refractivity contribution in [2.45, 2.75) is 26.3 Å². The highest BCUT2D eigenvalue weighted by molar-refractivity contribution is 5.32. The lowest BCUT2D eigenvalue weighted by atomic mass is 9.99. The Morgan fingerprint density at radius 3 is 2.62 bits per heavy atom. The van der Waals surface area contributed by atoms with Gasteiger partial charge in [0.05, 0.1) is 20.2 Å². The van der Waals surface area contributed by atoms with Gasteiger partial charge in [-0.15, -0.1) is 0 Å². The molecule has 88 valence electrons. The van der Waals surface area contributed by atoms with E-state index in [1.165, 1.54) is 31.5 Å². The molecule has 0 aliphatic carbocycles. The van der Waals surface area contributed by atoms with Gasteiger partial charge in [-0.1, -0.05) is 19.1 Å². The Bertz CT molecular complexity index is 329. The van der Waals surface area contributed by atoms with Gasteiger partial charge in [0.25, 0.3) is 0 Å². The number of ether oxygens (including phenoxy) is 1. The fourth-order valence-electron chi connectivity index (χ4n) is 2.47. The quantitative estimate of drug-likeness (QED) is 0.815. The Hall–Kier alpha value is -1.02. The smallest absolute Gasteiger partial charge is 0.127 e. The summed E-state index contributed by atoms with van der Waals surface area (Å²) in [6.07, 6.45) is 2.73. The zero-order valence-corrected chi connectivity index (χ0v) is 10.3. The molecule has 0 unspecified atom stereocenters. The molecule has 1 N–H and O–H groups in total. The number of rotatable bonds is 3. The van der Waals surface area contributed by atoms with Crippen LogP contribution in [0, 0.1) is 5.92 Å². The SMILES string of the molecule is COc1ccccc1C[NH+]1CCC(C)CC1. The zero-order valence-electron chi connectivity index (χ0n) is 10.3. The molecular formula is C14H22NO+. The van der Waals surface area contributed by atoms with Crippen LogP contribution in [-0.4, -0.2) is 20.2 Å². The normalized spacial score (nSPS) is 25.4. The van der Waals surface area contributed by atoms with E-state index in [2.05, 4.69) is 25.1 Å². The van der Waals surface area contributed by atoms with Crippen LogP contribution in [0.5, 0.6) is 5.75 Å². The maximum Gasteiger partial charge on any atom is 0.127 e. The highest BCUT2D eigenvalue weighted by Gasteiger charge is 2.19. The lowest BCUT2D eigenvalue weighted by Crippen LogP contribution is -3.11. The third-order valence-electron chi connectivity index (χ3n) is 3.61. The first-order valence-electron chi connectivity index (χ1n) is 6.25. The first kappa shape index (κ1) is 11.5. The van der Waals surface area contributed by atoms with E-state index in [1.807, 2.05) is 6.07 Å². The van der Waals surface area contributed by atoms with Crippen molar-refractivity contribution in [1.82, 2.24) is 0 Å². The summed E-state index contributed by atoms with van der Waals surface area (Å²) < 4.78 is 5.39. The van der Waals surface area contributed by atoms with Gasteiger partial charge in [-0.2, -0.15) is 0 Å². The Labute approximate surface area is 98.2 Å². The molecule has 0 aromatic heterocycles. The van der Waals surface area contributed by atoms with E-state index in [1.54, 1.807) is 12.0 Å². The van der Waals surface area contributed by atoms with Gasteiger partial charge in [0.2, 0.25) is 0 Å². The Balaban J connectivity index is 1.98. The van der Waals surface area contributed by atoms with E-state index in [0.29, 0.717) is 0 Å². The fraction of sp³-hybridized carbons (Fsp3) is 0.571. The van der Waals surface area contributed by atoms with Crippen molar-refractivity contribution in [3.8, 4) is 5.75 Å². The van der Waals surface area contributed by atoms with Gasteiger partial charge in [-0.25, -0.2) is 0 Å². The van der Waals surface area contributed by atoms with Crippen molar-refractivity contribution in [2.75, 3.05) is 20.2 Å². The number of hydrogen-bond donors (Lipinski definition) is 1. The average Bonchev–Trinajstić information content (AvgIpc) is 2.33. The van der Waals surface area contributed by atoms with Crippen LogP contribution >= 0.6 is 0 Å². The third-order valence-corrected chi connectivity index (χ3v) is 3.61. The number of quaternary nitrogens is 1. The van der Waals surface area contributed by atoms with Gasteiger partial charge in [-0.05, 0) is 30.9 Å². The summed E-state index contributed by atoms with van der Waals surface area (Å²) in [6.45, 7) is 6.08. The topological polar surface area (TPSA) is 13.7 Å². The summed E-state index contributed by atoms with van der Waals surface area (Å²) in [6, 6.07) is 8.38. The number of methoxy groups -OCH3 is 1. The predicted octanol–water partition coefficient (Wildman–Crippen LogP) is 1.51. The minimum atomic E-state index is 0.918. The molecule has 0 amide bonds. The Kier molecular flexibility index (Phi) is 3.83. The molecule has 2 heteroatoms. The van der Waals surface area contributed by atoms with E-state index < -0.39 is 0 Å². The predicted molar refractivity (Wildman–Crippen MR) is 65.8 cm³/mol. The van der Waals surface area contributed by atoms with E-state index >= 15 is 0 Å². The molecule has 0 radical (unpaired) electrons. The van der Waals surface area contributed by atoms with Gasteiger partial charge in [-0.3, -0.25) is 0 Å². The molecule has 2 rings (SSSR count). The number of benzene rings is 1. The van der Waals surface area contributed by atoms with Gasteiger partial charge in [0, 0.05) is 5.56 Å². The first-order chi connectivity index (χ1) is 7.79. The minimum Gasteiger partial charge on any atom is -0.496 e. The van der Waals surface area contributed by atoms with Crippen LogP contribution in [0.2, 0.25) is 0 Å². The number of para-hydroxylation sites is 1. The lowest BCUT2D eigenvalue weighted by molar-refractivity contribution is -0.919. The third kappa shape index (κ3) is 2.76. The second kappa shape index (κ2) is 5.35. The molecule has 1 aromatic rings. The molecule has 1 saturated heterocycles. The van der Waals surface area contributed by atoms with Gasteiger partial charge < -0.3 is 9.64 Å². The van der Waals surface area contributed by atoms with Crippen molar-refractivity contribution in [3.63, 3.8) is 0 Å². The van der Waals surface area contributed by atoms with Gasteiger partial charge in [0.15, 0.2) is 0 Å². The standard InChI is InChI=1S/C14H21NO/c1-12-7-9-15(10-8-12)11-13-5-3-4-6-14(13)16-2/h3-6,12H,7-11H2,1-2H3/p+1. The van der Waals surface area contributed by atoms with Crippen LogP contribution in [0.1, 0.15) is 25.3 Å². The molecule has 0 saturated carbocycles. The molecule has 1 fully saturated rings. The minimum absolute atomic E-state index is 0.918. The highest BCUT2D eigenvalue weighted by atomic mass is 16.5. The molecule has 16 heavy (non-hydrogen) atoms. The second-order valence-electron chi connectivity index (χ2n) is 4.92. The number of piperidine rings is 1. The summed E-state index contributed by atoms with van der Waals surface area (Å²) in [5.74, 6) is 1.95. The largest absolute Gasteiger partial charge is 0.496 e. The lowest BCUT2D eigenvalue weighted by Gasteiger charge is -2.27. The highest BCUT2D eigenvalue weighted by Crippen LogP contribution is 2.16. The number of hydrogen-bond acceptors (Lipinski definition) is 1. The van der Waals surface area contributed by atoms with Crippen LogP contribution in [0.25, 0.3) is 0 Å². The van der Waals surface area contributed by atoms with E-state index in [-0.39, 0.29) is 0 Å². The van der Waals surface area contributed by atoms with E-state index in [0.717, 1.165) is 18.2 Å². The van der Waals surface area contributed by atoms with Crippen molar-refractivity contribution in [1.29, 1.82) is 0 Å². The summed E-state index contributed by atoms with van der Waals surface area (Å²) >= 11 is 0. The summed E-state index contributed by atoms with van der Waals surface area (Å²) in [5.41, 5.74) is 1.34. The number of likely N-dealkylation sites (tertiary alicyclic amines) is 1. The zero-order chi connectivity index (χ0) is 11.4. The van der Waals surface area contributed by atoms with Crippen LogP contribution in [-0.2, 0) is 6.54 Å². The van der Waals surface area contributed by atoms with Crippen molar-refractivity contribution < 1.29 is 9.64 Å². The fourth-order valence-corrected chi connectivity index (χ4v) is 2.47. The molecule has 1 aliphatic heterocycles. The molecule has 0 atom stereocenters. The first-order valence-corrected chi connectivity index (χ1v) is 6.25. The van der Waals surface area contributed by atoms with Gasteiger partial charge in [0.1, 0.15) is 12.3 Å². The van der Waals surface area contributed by atoms with E-state index in [9.17, 15) is 0 Å². The molecule has 0 spiro atoms. The molecular weight excluding hydrogens is 198 g/mol. The molecule has 2 nitrogen and oxygen atoms in total. The summed E-state index contributed by atoms with van der Waals surface area (Å²) in [4.78, 5) is 1.70. The maximum absolute atomic E-state index is 5.39. The molecule has 1 heterocycles. The van der Waals surface area contributed by atoms with Crippen LogP contribution in [0.3, 0.4) is 0 Å².